The minimum absolute atomic E-state index is 0.0896. The van der Waals surface area contributed by atoms with E-state index in [0.29, 0.717) is 19.4 Å². The van der Waals surface area contributed by atoms with Crippen molar-refractivity contribution in [3.8, 4) is 0 Å². The van der Waals surface area contributed by atoms with Crippen LogP contribution in [-0.2, 0) is 23.7 Å². The van der Waals surface area contributed by atoms with Gasteiger partial charge in [-0.05, 0) is 44.9 Å². The van der Waals surface area contributed by atoms with Gasteiger partial charge in [0.15, 0.2) is 6.29 Å². The van der Waals surface area contributed by atoms with Crippen LogP contribution < -0.4 is 0 Å². The van der Waals surface area contributed by atoms with Gasteiger partial charge in [0.1, 0.15) is 30.5 Å². The van der Waals surface area contributed by atoms with Crippen LogP contribution in [0.25, 0.3) is 0 Å². The number of hydrogen-bond acceptors (Lipinski definition) is 9. The number of carbonyl (C=O) groups is 1. The SMILES string of the molecule is CC/C=C\C/C=C\C/C=C\C/C=C\C/C=C\CCOCC(COC1OC(CO)C(O)C(O)C1O)OC(=O)CCCCCCCCCCCCCC. The van der Waals surface area contributed by atoms with E-state index in [1.807, 2.05) is 0 Å². The first-order valence-electron chi connectivity index (χ1n) is 19.9. The minimum atomic E-state index is -1.55. The molecule has 0 aromatic carbocycles. The van der Waals surface area contributed by atoms with Gasteiger partial charge in [-0.2, -0.15) is 0 Å². The maximum Gasteiger partial charge on any atom is 0.306 e. The van der Waals surface area contributed by atoms with Crippen LogP contribution in [0.15, 0.2) is 60.8 Å². The van der Waals surface area contributed by atoms with Gasteiger partial charge in [-0.15, -0.1) is 0 Å². The molecule has 0 saturated carbocycles. The van der Waals surface area contributed by atoms with Gasteiger partial charge in [-0.1, -0.05) is 145 Å². The number of allylic oxidation sites excluding steroid dienone is 9. The van der Waals surface area contributed by atoms with Gasteiger partial charge in [0.05, 0.1) is 26.4 Å². The fourth-order valence-electron chi connectivity index (χ4n) is 5.61. The van der Waals surface area contributed by atoms with Crippen molar-refractivity contribution in [2.75, 3.05) is 26.4 Å². The standard InChI is InChI=1S/C42H72O9/c1-3-5-7-9-11-13-15-17-18-19-20-22-24-26-28-30-32-48-34-36(35-49-42-41(47)40(46)39(45)37(33-43)51-42)50-38(44)31-29-27-25-23-21-16-14-12-10-8-6-4-2/h5,7,11,13,17-18,20,22,26,28,36-37,39-43,45-47H,3-4,6,8-10,12,14-16,19,21,23-25,27,29-35H2,1-2H3/b7-5-,13-11-,18-17-,22-20-,28-26-. The Morgan fingerprint density at radius 3 is 1.69 bits per heavy atom. The Morgan fingerprint density at radius 2 is 1.16 bits per heavy atom. The molecule has 6 atom stereocenters. The number of carbonyl (C=O) groups excluding carboxylic acids is 1. The highest BCUT2D eigenvalue weighted by Crippen LogP contribution is 2.22. The second-order valence-electron chi connectivity index (χ2n) is 13.4. The molecular weight excluding hydrogens is 648 g/mol. The molecule has 1 rings (SSSR count). The third-order valence-corrected chi connectivity index (χ3v) is 8.72. The average molecular weight is 721 g/mol. The molecule has 1 aliphatic heterocycles. The summed E-state index contributed by atoms with van der Waals surface area (Å²) in [6.45, 7) is 4.20. The summed E-state index contributed by atoms with van der Waals surface area (Å²) in [6, 6.07) is 0. The molecule has 9 nitrogen and oxygen atoms in total. The monoisotopic (exact) mass is 721 g/mol. The zero-order valence-electron chi connectivity index (χ0n) is 31.8. The van der Waals surface area contributed by atoms with Crippen LogP contribution in [0.5, 0.6) is 0 Å². The Kier molecular flexibility index (Phi) is 31.0. The summed E-state index contributed by atoms with van der Waals surface area (Å²) >= 11 is 0. The molecule has 1 fully saturated rings. The topological polar surface area (TPSA) is 135 Å². The molecule has 294 valence electrons. The number of aliphatic hydroxyl groups excluding tert-OH is 4. The van der Waals surface area contributed by atoms with E-state index in [2.05, 4.69) is 74.6 Å². The summed E-state index contributed by atoms with van der Waals surface area (Å²) in [5, 5.41) is 39.9. The molecule has 0 amide bonds. The van der Waals surface area contributed by atoms with E-state index in [1.54, 1.807) is 0 Å². The molecule has 1 saturated heterocycles. The smallest absolute Gasteiger partial charge is 0.306 e. The van der Waals surface area contributed by atoms with Crippen molar-refractivity contribution >= 4 is 5.97 Å². The fraction of sp³-hybridized carbons (Fsp3) is 0.738. The fourth-order valence-corrected chi connectivity index (χ4v) is 5.61. The van der Waals surface area contributed by atoms with Crippen molar-refractivity contribution in [3.63, 3.8) is 0 Å². The molecule has 1 heterocycles. The molecule has 6 unspecified atom stereocenters. The zero-order chi connectivity index (χ0) is 37.2. The van der Waals surface area contributed by atoms with Crippen LogP contribution >= 0.6 is 0 Å². The minimum Gasteiger partial charge on any atom is -0.457 e. The second kappa shape index (κ2) is 33.7. The van der Waals surface area contributed by atoms with E-state index in [0.717, 1.165) is 51.4 Å². The first kappa shape index (κ1) is 46.9. The molecule has 0 aromatic heterocycles. The highest BCUT2D eigenvalue weighted by atomic mass is 16.7. The van der Waals surface area contributed by atoms with Gasteiger partial charge >= 0.3 is 5.97 Å². The van der Waals surface area contributed by atoms with Crippen molar-refractivity contribution in [1.29, 1.82) is 0 Å². The molecule has 0 aromatic rings. The van der Waals surface area contributed by atoms with Crippen molar-refractivity contribution in [2.45, 2.75) is 173 Å². The van der Waals surface area contributed by atoms with Crippen LogP contribution in [0.3, 0.4) is 0 Å². The quantitative estimate of drug-likeness (QED) is 0.0310. The lowest BCUT2D eigenvalue weighted by atomic mass is 9.99. The van der Waals surface area contributed by atoms with Gasteiger partial charge < -0.3 is 39.4 Å². The summed E-state index contributed by atoms with van der Waals surface area (Å²) in [4.78, 5) is 12.7. The molecule has 51 heavy (non-hydrogen) atoms. The summed E-state index contributed by atoms with van der Waals surface area (Å²) in [5.41, 5.74) is 0. The predicted molar refractivity (Wildman–Crippen MR) is 205 cm³/mol. The Morgan fingerprint density at radius 1 is 0.647 bits per heavy atom. The van der Waals surface area contributed by atoms with E-state index >= 15 is 0 Å². The highest BCUT2D eigenvalue weighted by molar-refractivity contribution is 5.69. The number of esters is 1. The van der Waals surface area contributed by atoms with Crippen molar-refractivity contribution in [2.24, 2.45) is 0 Å². The van der Waals surface area contributed by atoms with Crippen LogP contribution in [-0.4, -0.2) is 89.6 Å². The Labute approximate surface area is 309 Å². The van der Waals surface area contributed by atoms with Gasteiger partial charge in [-0.25, -0.2) is 0 Å². The third kappa shape index (κ3) is 25.5. The van der Waals surface area contributed by atoms with Gasteiger partial charge in [-0.3, -0.25) is 4.79 Å². The van der Waals surface area contributed by atoms with E-state index in [4.69, 9.17) is 18.9 Å². The molecule has 0 spiro atoms. The van der Waals surface area contributed by atoms with E-state index in [9.17, 15) is 25.2 Å². The maximum atomic E-state index is 12.7. The molecular formula is C42H72O9. The summed E-state index contributed by atoms with van der Waals surface area (Å²) < 4.78 is 22.6. The van der Waals surface area contributed by atoms with Crippen LogP contribution in [0.2, 0.25) is 0 Å². The number of aliphatic hydroxyl groups is 4. The lowest BCUT2D eigenvalue weighted by molar-refractivity contribution is -0.305. The maximum absolute atomic E-state index is 12.7. The second-order valence-corrected chi connectivity index (χ2v) is 13.4. The van der Waals surface area contributed by atoms with Crippen molar-refractivity contribution in [1.82, 2.24) is 0 Å². The van der Waals surface area contributed by atoms with Gasteiger partial charge in [0.2, 0.25) is 0 Å². The molecule has 9 heteroatoms. The predicted octanol–water partition coefficient (Wildman–Crippen LogP) is 7.96. The Bertz CT molecular complexity index is 958. The molecule has 0 aliphatic carbocycles. The zero-order valence-corrected chi connectivity index (χ0v) is 31.8. The highest BCUT2D eigenvalue weighted by Gasteiger charge is 2.44. The molecule has 1 aliphatic rings. The average Bonchev–Trinajstić information content (AvgIpc) is 3.13. The Balaban J connectivity index is 2.38. The molecule has 4 N–H and O–H groups in total. The van der Waals surface area contributed by atoms with Crippen molar-refractivity contribution < 1.29 is 44.2 Å². The number of unbranched alkanes of at least 4 members (excludes halogenated alkanes) is 11. The van der Waals surface area contributed by atoms with Crippen LogP contribution in [0, 0.1) is 0 Å². The van der Waals surface area contributed by atoms with Gasteiger partial charge in [0, 0.05) is 6.42 Å². The lowest BCUT2D eigenvalue weighted by Gasteiger charge is -2.39. The first-order chi connectivity index (χ1) is 24.9. The van der Waals surface area contributed by atoms with Gasteiger partial charge in [0.25, 0.3) is 0 Å². The largest absolute Gasteiger partial charge is 0.457 e. The number of ether oxygens (including phenoxy) is 4. The van der Waals surface area contributed by atoms with E-state index < -0.39 is 43.4 Å². The third-order valence-electron chi connectivity index (χ3n) is 8.72. The Hall–Kier alpha value is -2.11. The number of hydrogen-bond donors (Lipinski definition) is 4. The first-order valence-corrected chi connectivity index (χ1v) is 19.9. The lowest BCUT2D eigenvalue weighted by Crippen LogP contribution is -2.59. The van der Waals surface area contributed by atoms with Crippen molar-refractivity contribution in [3.05, 3.63) is 60.8 Å². The summed E-state index contributed by atoms with van der Waals surface area (Å²) in [6.07, 6.45) is 34.1. The molecule has 0 bridgehead atoms. The molecule has 0 radical (unpaired) electrons. The summed E-state index contributed by atoms with van der Waals surface area (Å²) in [5.74, 6) is -0.342. The number of rotatable bonds is 32. The van der Waals surface area contributed by atoms with E-state index in [1.165, 1.54) is 57.8 Å². The van der Waals surface area contributed by atoms with Crippen LogP contribution in [0.1, 0.15) is 136 Å². The van der Waals surface area contributed by atoms with Crippen LogP contribution in [0.4, 0.5) is 0 Å². The summed E-state index contributed by atoms with van der Waals surface area (Å²) in [7, 11) is 0. The van der Waals surface area contributed by atoms with E-state index in [-0.39, 0.29) is 19.2 Å². The normalized spacial score (nSPS) is 22.0.